The SMILES string of the molecule is CC(=O)c1ccc(N2CCOCC2)c(N=[N+]=[N-])c1. The summed E-state index contributed by atoms with van der Waals surface area (Å²) >= 11 is 0. The van der Waals surface area contributed by atoms with E-state index in [1.807, 2.05) is 6.07 Å². The lowest BCUT2D eigenvalue weighted by Crippen LogP contribution is -2.36. The summed E-state index contributed by atoms with van der Waals surface area (Å²) in [5.41, 5.74) is 10.5. The zero-order chi connectivity index (χ0) is 13.0. The number of carbonyl (C=O) groups is 1. The van der Waals surface area contributed by atoms with E-state index < -0.39 is 0 Å². The molecule has 1 aromatic rings. The summed E-state index contributed by atoms with van der Waals surface area (Å²) in [7, 11) is 0. The Kier molecular flexibility index (Phi) is 3.82. The monoisotopic (exact) mass is 246 g/mol. The molecule has 6 heteroatoms. The van der Waals surface area contributed by atoms with Crippen molar-refractivity contribution in [2.45, 2.75) is 6.92 Å². The van der Waals surface area contributed by atoms with Gasteiger partial charge in [-0.15, -0.1) is 0 Å². The van der Waals surface area contributed by atoms with Gasteiger partial charge in [-0.05, 0) is 30.7 Å². The van der Waals surface area contributed by atoms with Crippen molar-refractivity contribution in [2.24, 2.45) is 5.11 Å². The van der Waals surface area contributed by atoms with Gasteiger partial charge in [-0.2, -0.15) is 0 Å². The van der Waals surface area contributed by atoms with Crippen molar-refractivity contribution in [1.29, 1.82) is 0 Å². The van der Waals surface area contributed by atoms with Crippen molar-refractivity contribution >= 4 is 17.2 Å². The molecule has 0 radical (unpaired) electrons. The highest BCUT2D eigenvalue weighted by molar-refractivity contribution is 5.96. The molecular formula is C12H14N4O2. The van der Waals surface area contributed by atoms with Crippen molar-refractivity contribution in [3.8, 4) is 0 Å². The molecule has 0 aliphatic carbocycles. The highest BCUT2D eigenvalue weighted by atomic mass is 16.5. The predicted molar refractivity (Wildman–Crippen MR) is 68.3 cm³/mol. The molecule has 0 saturated carbocycles. The predicted octanol–water partition coefficient (Wildman–Crippen LogP) is 2.67. The molecule has 1 aromatic carbocycles. The van der Waals surface area contributed by atoms with E-state index >= 15 is 0 Å². The van der Waals surface area contributed by atoms with Crippen LogP contribution in [0.3, 0.4) is 0 Å². The van der Waals surface area contributed by atoms with E-state index in [2.05, 4.69) is 14.9 Å². The molecule has 1 saturated heterocycles. The molecule has 1 aliphatic rings. The largest absolute Gasteiger partial charge is 0.378 e. The van der Waals surface area contributed by atoms with Crippen molar-refractivity contribution in [3.05, 3.63) is 34.2 Å². The smallest absolute Gasteiger partial charge is 0.159 e. The van der Waals surface area contributed by atoms with E-state index in [1.165, 1.54) is 6.92 Å². The molecule has 18 heavy (non-hydrogen) atoms. The molecule has 1 heterocycles. The average Bonchev–Trinajstić information content (AvgIpc) is 2.40. The van der Waals surface area contributed by atoms with Crippen LogP contribution in [0, 0.1) is 0 Å². The van der Waals surface area contributed by atoms with Gasteiger partial charge in [-0.1, -0.05) is 5.11 Å². The summed E-state index contributed by atoms with van der Waals surface area (Å²) in [6, 6.07) is 5.21. The van der Waals surface area contributed by atoms with Gasteiger partial charge < -0.3 is 9.64 Å². The number of benzene rings is 1. The lowest BCUT2D eigenvalue weighted by Gasteiger charge is -2.30. The first-order chi connectivity index (χ1) is 8.72. The van der Waals surface area contributed by atoms with Crippen LogP contribution in [0.1, 0.15) is 17.3 Å². The van der Waals surface area contributed by atoms with Crippen molar-refractivity contribution in [2.75, 3.05) is 31.2 Å². The Morgan fingerprint density at radius 2 is 2.17 bits per heavy atom. The summed E-state index contributed by atoms with van der Waals surface area (Å²) < 4.78 is 5.28. The number of nitrogens with zero attached hydrogens (tertiary/aromatic N) is 4. The average molecular weight is 246 g/mol. The van der Waals surface area contributed by atoms with Crippen LogP contribution in [0.2, 0.25) is 0 Å². The quantitative estimate of drug-likeness (QED) is 0.356. The van der Waals surface area contributed by atoms with Gasteiger partial charge >= 0.3 is 0 Å². The van der Waals surface area contributed by atoms with Crippen LogP contribution in [-0.2, 0) is 4.74 Å². The topological polar surface area (TPSA) is 78.3 Å². The van der Waals surface area contributed by atoms with Crippen LogP contribution in [0.4, 0.5) is 11.4 Å². The number of hydrogen-bond donors (Lipinski definition) is 0. The highest BCUT2D eigenvalue weighted by Crippen LogP contribution is 2.30. The minimum absolute atomic E-state index is 0.0436. The normalized spacial score (nSPS) is 15.1. The van der Waals surface area contributed by atoms with E-state index in [0.717, 1.165) is 18.8 Å². The lowest BCUT2D eigenvalue weighted by atomic mass is 10.1. The summed E-state index contributed by atoms with van der Waals surface area (Å²) in [6.45, 7) is 4.32. The Bertz CT molecular complexity index is 503. The summed E-state index contributed by atoms with van der Waals surface area (Å²) in [6.07, 6.45) is 0. The summed E-state index contributed by atoms with van der Waals surface area (Å²) in [4.78, 5) is 16.2. The third-order valence-electron chi connectivity index (χ3n) is 2.89. The van der Waals surface area contributed by atoms with Gasteiger partial charge in [0.15, 0.2) is 5.78 Å². The van der Waals surface area contributed by atoms with Crippen LogP contribution in [0.5, 0.6) is 0 Å². The maximum absolute atomic E-state index is 11.3. The molecule has 0 unspecified atom stereocenters. The zero-order valence-electron chi connectivity index (χ0n) is 10.2. The first kappa shape index (κ1) is 12.4. The Hall–Kier alpha value is -2.04. The number of azide groups is 1. The molecule has 6 nitrogen and oxygen atoms in total. The number of hydrogen-bond acceptors (Lipinski definition) is 4. The van der Waals surface area contributed by atoms with Gasteiger partial charge in [0.2, 0.25) is 0 Å². The summed E-state index contributed by atoms with van der Waals surface area (Å²) in [5.74, 6) is -0.0436. The molecule has 0 bridgehead atoms. The Morgan fingerprint density at radius 1 is 1.44 bits per heavy atom. The molecule has 1 aliphatic heterocycles. The first-order valence-corrected chi connectivity index (χ1v) is 5.75. The fourth-order valence-electron chi connectivity index (χ4n) is 1.94. The van der Waals surface area contributed by atoms with E-state index in [0.29, 0.717) is 24.5 Å². The number of rotatable bonds is 3. The second-order valence-corrected chi connectivity index (χ2v) is 4.05. The lowest BCUT2D eigenvalue weighted by molar-refractivity contribution is 0.101. The van der Waals surface area contributed by atoms with Crippen molar-refractivity contribution in [3.63, 3.8) is 0 Å². The van der Waals surface area contributed by atoms with E-state index in [9.17, 15) is 4.79 Å². The van der Waals surface area contributed by atoms with Gasteiger partial charge in [0.25, 0.3) is 0 Å². The maximum atomic E-state index is 11.3. The number of anilines is 1. The minimum Gasteiger partial charge on any atom is -0.378 e. The minimum atomic E-state index is -0.0436. The maximum Gasteiger partial charge on any atom is 0.159 e. The third-order valence-corrected chi connectivity index (χ3v) is 2.89. The second kappa shape index (κ2) is 5.53. The molecule has 2 rings (SSSR count). The second-order valence-electron chi connectivity index (χ2n) is 4.05. The van der Waals surface area contributed by atoms with Crippen molar-refractivity contribution in [1.82, 2.24) is 0 Å². The molecule has 0 spiro atoms. The van der Waals surface area contributed by atoms with E-state index in [-0.39, 0.29) is 5.78 Å². The van der Waals surface area contributed by atoms with Gasteiger partial charge in [0.1, 0.15) is 0 Å². The Morgan fingerprint density at radius 3 is 2.78 bits per heavy atom. The Balaban J connectivity index is 2.39. The highest BCUT2D eigenvalue weighted by Gasteiger charge is 2.15. The molecule has 0 aromatic heterocycles. The number of ether oxygens (including phenoxy) is 1. The van der Waals surface area contributed by atoms with Gasteiger partial charge in [0.05, 0.1) is 18.9 Å². The van der Waals surface area contributed by atoms with E-state index in [4.69, 9.17) is 10.3 Å². The van der Waals surface area contributed by atoms with Crippen LogP contribution in [0.25, 0.3) is 10.4 Å². The van der Waals surface area contributed by atoms with Gasteiger partial charge in [0, 0.05) is 29.3 Å². The van der Waals surface area contributed by atoms with Crippen LogP contribution >= 0.6 is 0 Å². The van der Waals surface area contributed by atoms with Crippen LogP contribution < -0.4 is 4.90 Å². The molecule has 1 fully saturated rings. The van der Waals surface area contributed by atoms with Gasteiger partial charge in [-0.25, -0.2) is 0 Å². The van der Waals surface area contributed by atoms with Crippen LogP contribution in [-0.4, -0.2) is 32.1 Å². The Labute approximate surface area is 105 Å². The fraction of sp³-hybridized carbons (Fsp3) is 0.417. The molecular weight excluding hydrogens is 232 g/mol. The molecule has 94 valence electrons. The standard InChI is InChI=1S/C12H14N4O2/c1-9(17)10-2-3-12(11(8-10)14-15-13)16-4-6-18-7-5-16/h2-3,8H,4-7H2,1H3. The number of carbonyl (C=O) groups excluding carboxylic acids is 1. The molecule has 0 N–H and O–H groups in total. The third kappa shape index (κ3) is 2.61. The zero-order valence-corrected chi connectivity index (χ0v) is 10.2. The molecule has 0 amide bonds. The van der Waals surface area contributed by atoms with E-state index in [1.54, 1.807) is 12.1 Å². The number of morpholine rings is 1. The number of Topliss-reactive ketones (excluding diaryl/α,β-unsaturated/α-hetero) is 1. The van der Waals surface area contributed by atoms with Crippen LogP contribution in [0.15, 0.2) is 23.3 Å². The number of ketones is 1. The summed E-state index contributed by atoms with van der Waals surface area (Å²) in [5, 5.41) is 3.67. The van der Waals surface area contributed by atoms with Gasteiger partial charge in [-0.3, -0.25) is 4.79 Å². The fourth-order valence-corrected chi connectivity index (χ4v) is 1.94. The molecule has 0 atom stereocenters. The first-order valence-electron chi connectivity index (χ1n) is 5.75. The van der Waals surface area contributed by atoms with Crippen molar-refractivity contribution < 1.29 is 9.53 Å².